The molecule has 0 heterocycles. The third-order valence-electron chi connectivity index (χ3n) is 3.23. The number of hydrogen-bond donors (Lipinski definition) is 1. The van der Waals surface area contributed by atoms with Crippen LogP contribution in [0.25, 0.3) is 0 Å². The summed E-state index contributed by atoms with van der Waals surface area (Å²) in [5.41, 5.74) is 0.793. The molecule has 1 rings (SSSR count). The molecule has 0 aromatic heterocycles. The second-order valence-electron chi connectivity index (χ2n) is 4.47. The van der Waals surface area contributed by atoms with Gasteiger partial charge in [0.05, 0.1) is 5.56 Å². The van der Waals surface area contributed by atoms with E-state index in [9.17, 15) is 4.39 Å². The second kappa shape index (κ2) is 6.97. The summed E-state index contributed by atoms with van der Waals surface area (Å²) in [6, 6.07) is 6.94. The highest BCUT2D eigenvalue weighted by Crippen LogP contribution is 2.13. The van der Waals surface area contributed by atoms with Gasteiger partial charge in [-0.1, -0.05) is 6.92 Å². The maximum absolute atomic E-state index is 13.3. The van der Waals surface area contributed by atoms with Gasteiger partial charge in [-0.2, -0.15) is 5.26 Å². The molecule has 0 aliphatic rings. The quantitative estimate of drug-likeness (QED) is 0.842. The van der Waals surface area contributed by atoms with E-state index in [0.717, 1.165) is 19.5 Å². The molecule has 0 radical (unpaired) electrons. The standard InChI is InChI=1S/C14H20FN3/c1-4-11(2)18(3)8-7-17-13-6-5-12(10-16)14(15)9-13/h5-6,9,11,17H,4,7-8H2,1-3H3. The van der Waals surface area contributed by atoms with Crippen LogP contribution < -0.4 is 5.32 Å². The van der Waals surface area contributed by atoms with E-state index in [1.54, 1.807) is 6.07 Å². The Kier molecular flexibility index (Phi) is 5.60. The maximum Gasteiger partial charge on any atom is 0.143 e. The Hall–Kier alpha value is -1.60. The van der Waals surface area contributed by atoms with Crippen molar-refractivity contribution in [1.82, 2.24) is 4.90 Å². The summed E-state index contributed by atoms with van der Waals surface area (Å²) < 4.78 is 13.3. The molecule has 0 fully saturated rings. The van der Waals surface area contributed by atoms with Crippen molar-refractivity contribution in [3.05, 3.63) is 29.6 Å². The molecule has 18 heavy (non-hydrogen) atoms. The minimum Gasteiger partial charge on any atom is -0.384 e. The van der Waals surface area contributed by atoms with Gasteiger partial charge in [0.2, 0.25) is 0 Å². The first-order valence-corrected chi connectivity index (χ1v) is 6.22. The van der Waals surface area contributed by atoms with Gasteiger partial charge >= 0.3 is 0 Å². The van der Waals surface area contributed by atoms with Crippen molar-refractivity contribution >= 4 is 5.69 Å². The largest absolute Gasteiger partial charge is 0.384 e. The van der Waals surface area contributed by atoms with Crippen LogP contribution >= 0.6 is 0 Å². The topological polar surface area (TPSA) is 39.1 Å². The Balaban J connectivity index is 2.45. The van der Waals surface area contributed by atoms with E-state index >= 15 is 0 Å². The van der Waals surface area contributed by atoms with Crippen molar-refractivity contribution in [1.29, 1.82) is 5.26 Å². The van der Waals surface area contributed by atoms with E-state index in [2.05, 4.69) is 31.1 Å². The average molecular weight is 249 g/mol. The van der Waals surface area contributed by atoms with Crippen LogP contribution in [0, 0.1) is 17.1 Å². The molecule has 4 heteroatoms. The number of benzene rings is 1. The second-order valence-corrected chi connectivity index (χ2v) is 4.47. The fraction of sp³-hybridized carbons (Fsp3) is 0.500. The zero-order valence-electron chi connectivity index (χ0n) is 11.2. The normalized spacial score (nSPS) is 12.2. The van der Waals surface area contributed by atoms with E-state index in [4.69, 9.17) is 5.26 Å². The number of anilines is 1. The number of likely N-dealkylation sites (N-methyl/N-ethyl adjacent to an activating group) is 1. The first-order valence-electron chi connectivity index (χ1n) is 6.22. The van der Waals surface area contributed by atoms with Crippen molar-refractivity contribution in [2.24, 2.45) is 0 Å². The number of hydrogen-bond acceptors (Lipinski definition) is 3. The van der Waals surface area contributed by atoms with Gasteiger partial charge in [0.1, 0.15) is 11.9 Å². The maximum atomic E-state index is 13.3. The molecule has 0 aliphatic heterocycles. The molecule has 3 nitrogen and oxygen atoms in total. The lowest BCUT2D eigenvalue weighted by Crippen LogP contribution is -2.32. The number of nitriles is 1. The summed E-state index contributed by atoms with van der Waals surface area (Å²) in [6.45, 7) is 5.99. The summed E-state index contributed by atoms with van der Waals surface area (Å²) in [7, 11) is 2.08. The van der Waals surface area contributed by atoms with Gasteiger partial charge in [-0.3, -0.25) is 0 Å². The van der Waals surface area contributed by atoms with E-state index < -0.39 is 5.82 Å². The van der Waals surface area contributed by atoms with Gasteiger partial charge in [0.25, 0.3) is 0 Å². The number of halogens is 1. The molecule has 1 aromatic carbocycles. The van der Waals surface area contributed by atoms with Crippen molar-refractivity contribution in [3.63, 3.8) is 0 Å². The van der Waals surface area contributed by atoms with Gasteiger partial charge < -0.3 is 10.2 Å². The van der Waals surface area contributed by atoms with Crippen molar-refractivity contribution in [2.45, 2.75) is 26.3 Å². The molecular weight excluding hydrogens is 229 g/mol. The molecule has 1 aromatic rings. The number of nitrogens with one attached hydrogen (secondary N) is 1. The minimum atomic E-state index is -0.474. The molecule has 0 aliphatic carbocycles. The highest BCUT2D eigenvalue weighted by molar-refractivity contribution is 5.48. The van der Waals surface area contributed by atoms with Gasteiger partial charge in [-0.05, 0) is 38.6 Å². The molecule has 0 amide bonds. The van der Waals surface area contributed by atoms with Crippen molar-refractivity contribution in [3.8, 4) is 6.07 Å². The summed E-state index contributed by atoms with van der Waals surface area (Å²) >= 11 is 0. The summed E-state index contributed by atoms with van der Waals surface area (Å²) in [6.07, 6.45) is 1.11. The lowest BCUT2D eigenvalue weighted by molar-refractivity contribution is 0.261. The smallest absolute Gasteiger partial charge is 0.143 e. The predicted molar refractivity (Wildman–Crippen MR) is 72.0 cm³/mol. The van der Waals surface area contributed by atoms with Crippen LogP contribution in [-0.4, -0.2) is 31.1 Å². The van der Waals surface area contributed by atoms with Gasteiger partial charge in [-0.15, -0.1) is 0 Å². The summed E-state index contributed by atoms with van der Waals surface area (Å²) in [4.78, 5) is 2.26. The Bertz CT molecular complexity index is 426. The van der Waals surface area contributed by atoms with Gasteiger partial charge in [0, 0.05) is 24.8 Å². The fourth-order valence-corrected chi connectivity index (χ4v) is 1.62. The molecular formula is C14H20FN3. The number of rotatable bonds is 6. The van der Waals surface area contributed by atoms with E-state index in [1.807, 2.05) is 6.07 Å². The zero-order chi connectivity index (χ0) is 13.5. The first-order chi connectivity index (χ1) is 8.58. The molecule has 1 atom stereocenters. The Morgan fingerprint density at radius 3 is 2.78 bits per heavy atom. The van der Waals surface area contributed by atoms with Crippen LogP contribution in [0.2, 0.25) is 0 Å². The van der Waals surface area contributed by atoms with Crippen LogP contribution in [0.4, 0.5) is 10.1 Å². The zero-order valence-corrected chi connectivity index (χ0v) is 11.2. The van der Waals surface area contributed by atoms with Crippen LogP contribution in [0.3, 0.4) is 0 Å². The van der Waals surface area contributed by atoms with E-state index in [1.165, 1.54) is 12.1 Å². The molecule has 0 bridgehead atoms. The molecule has 1 unspecified atom stereocenters. The third kappa shape index (κ3) is 4.01. The number of nitrogens with zero attached hydrogens (tertiary/aromatic N) is 2. The fourth-order valence-electron chi connectivity index (χ4n) is 1.62. The lowest BCUT2D eigenvalue weighted by atomic mass is 10.2. The van der Waals surface area contributed by atoms with Crippen LogP contribution in [0.15, 0.2) is 18.2 Å². The molecule has 0 saturated heterocycles. The highest BCUT2D eigenvalue weighted by atomic mass is 19.1. The van der Waals surface area contributed by atoms with E-state index in [-0.39, 0.29) is 5.56 Å². The molecule has 0 saturated carbocycles. The third-order valence-corrected chi connectivity index (χ3v) is 3.23. The van der Waals surface area contributed by atoms with Crippen LogP contribution in [0.1, 0.15) is 25.8 Å². The van der Waals surface area contributed by atoms with Crippen LogP contribution in [-0.2, 0) is 0 Å². The predicted octanol–water partition coefficient (Wildman–Crippen LogP) is 2.84. The highest BCUT2D eigenvalue weighted by Gasteiger charge is 2.06. The summed E-state index contributed by atoms with van der Waals surface area (Å²) in [5.74, 6) is -0.474. The van der Waals surface area contributed by atoms with E-state index in [0.29, 0.717) is 11.7 Å². The van der Waals surface area contributed by atoms with Crippen LogP contribution in [0.5, 0.6) is 0 Å². The Morgan fingerprint density at radius 1 is 1.50 bits per heavy atom. The first kappa shape index (κ1) is 14.5. The summed E-state index contributed by atoms with van der Waals surface area (Å²) in [5, 5.41) is 11.8. The van der Waals surface area contributed by atoms with Crippen molar-refractivity contribution < 1.29 is 4.39 Å². The Labute approximate surface area is 108 Å². The van der Waals surface area contributed by atoms with Gasteiger partial charge in [0.15, 0.2) is 0 Å². The monoisotopic (exact) mass is 249 g/mol. The SMILES string of the molecule is CCC(C)N(C)CCNc1ccc(C#N)c(F)c1. The lowest BCUT2D eigenvalue weighted by Gasteiger charge is -2.23. The molecule has 98 valence electrons. The average Bonchev–Trinajstić information content (AvgIpc) is 2.37. The van der Waals surface area contributed by atoms with Gasteiger partial charge in [-0.25, -0.2) is 4.39 Å². The molecule has 1 N–H and O–H groups in total. The Morgan fingerprint density at radius 2 is 2.22 bits per heavy atom. The minimum absolute atomic E-state index is 0.0808. The van der Waals surface area contributed by atoms with Crippen molar-refractivity contribution in [2.75, 3.05) is 25.5 Å². The molecule has 0 spiro atoms.